The van der Waals surface area contributed by atoms with E-state index in [9.17, 15) is 18.5 Å². The third-order valence-electron chi connectivity index (χ3n) is 5.45. The highest BCUT2D eigenvalue weighted by Crippen LogP contribution is 2.49. The summed E-state index contributed by atoms with van der Waals surface area (Å²) in [5.74, 6) is 1.74. The fourth-order valence-corrected chi connectivity index (χ4v) is 5.85. The topological polar surface area (TPSA) is 89.3 Å². The summed E-state index contributed by atoms with van der Waals surface area (Å²) in [4.78, 5) is 10.3. The maximum absolute atomic E-state index is 12.7. The molecule has 7 heteroatoms. The summed E-state index contributed by atoms with van der Waals surface area (Å²) in [6.45, 7) is 3.57. The van der Waals surface area contributed by atoms with E-state index in [-0.39, 0.29) is 16.6 Å². The first kappa shape index (κ1) is 16.4. The first-order chi connectivity index (χ1) is 10.8. The van der Waals surface area contributed by atoms with E-state index in [1.807, 2.05) is 6.92 Å². The molecule has 126 valence electrons. The molecule has 1 aromatic rings. The van der Waals surface area contributed by atoms with Gasteiger partial charge in [-0.05, 0) is 56.4 Å². The summed E-state index contributed by atoms with van der Waals surface area (Å²) in [5.41, 5.74) is 0.312. The van der Waals surface area contributed by atoms with E-state index >= 15 is 0 Å². The van der Waals surface area contributed by atoms with Crippen molar-refractivity contribution >= 4 is 15.7 Å². The number of non-ortho nitro benzene ring substituents is 1. The number of nitro benzene ring substituents is 1. The zero-order valence-electron chi connectivity index (χ0n) is 13.4. The molecule has 6 nitrogen and oxygen atoms in total. The molecule has 0 spiro atoms. The first-order valence-electron chi connectivity index (χ1n) is 8.05. The van der Waals surface area contributed by atoms with E-state index < -0.39 is 14.9 Å². The molecule has 0 aliphatic heterocycles. The Morgan fingerprint density at radius 3 is 2.61 bits per heavy atom. The average molecular weight is 338 g/mol. The van der Waals surface area contributed by atoms with Gasteiger partial charge in [0.05, 0.1) is 9.82 Å². The predicted molar refractivity (Wildman–Crippen MR) is 86.6 cm³/mol. The van der Waals surface area contributed by atoms with Crippen molar-refractivity contribution in [3.05, 3.63) is 33.9 Å². The van der Waals surface area contributed by atoms with Gasteiger partial charge in [-0.15, -0.1) is 0 Å². The third-order valence-corrected chi connectivity index (χ3v) is 7.15. The molecule has 0 radical (unpaired) electrons. The first-order valence-corrected chi connectivity index (χ1v) is 9.53. The van der Waals surface area contributed by atoms with Crippen LogP contribution in [-0.2, 0) is 10.0 Å². The van der Waals surface area contributed by atoms with Crippen molar-refractivity contribution in [3.63, 3.8) is 0 Å². The molecule has 0 heterocycles. The molecular formula is C16H22N2O4S. The zero-order chi connectivity index (χ0) is 16.8. The highest BCUT2D eigenvalue weighted by molar-refractivity contribution is 7.89. The lowest BCUT2D eigenvalue weighted by Crippen LogP contribution is -2.40. The maximum atomic E-state index is 12.7. The van der Waals surface area contributed by atoms with Gasteiger partial charge < -0.3 is 0 Å². The second kappa shape index (κ2) is 5.87. The second-order valence-electron chi connectivity index (χ2n) is 6.96. The van der Waals surface area contributed by atoms with Crippen LogP contribution in [0.15, 0.2) is 23.1 Å². The molecule has 23 heavy (non-hydrogen) atoms. The number of hydrogen-bond donors (Lipinski definition) is 1. The van der Waals surface area contributed by atoms with Crippen molar-refractivity contribution in [2.24, 2.45) is 17.8 Å². The Balaban J connectivity index is 1.81. The lowest BCUT2D eigenvalue weighted by Gasteiger charge is -2.28. The number of sulfonamides is 1. The van der Waals surface area contributed by atoms with E-state index in [2.05, 4.69) is 4.72 Å². The second-order valence-corrected chi connectivity index (χ2v) is 8.64. The molecule has 2 bridgehead atoms. The molecular weight excluding hydrogens is 316 g/mol. The largest absolute Gasteiger partial charge is 0.270 e. The number of benzene rings is 1. The number of fused-ring (bicyclic) bond motifs is 2. The van der Waals surface area contributed by atoms with Crippen LogP contribution < -0.4 is 4.72 Å². The Bertz CT molecular complexity index is 732. The number of nitrogens with one attached hydrogen (secondary N) is 1. The fourth-order valence-electron chi connectivity index (χ4n) is 4.29. The Morgan fingerprint density at radius 1 is 1.30 bits per heavy atom. The average Bonchev–Trinajstić information content (AvgIpc) is 3.09. The smallest absolute Gasteiger partial charge is 0.258 e. The molecule has 1 aromatic carbocycles. The highest BCUT2D eigenvalue weighted by atomic mass is 32.2. The monoisotopic (exact) mass is 338 g/mol. The number of hydrogen-bond acceptors (Lipinski definition) is 4. The Hall–Kier alpha value is -1.47. The number of aryl methyl sites for hydroxylation is 1. The molecule has 3 rings (SSSR count). The van der Waals surface area contributed by atoms with E-state index in [1.165, 1.54) is 31.4 Å². The minimum atomic E-state index is -3.75. The van der Waals surface area contributed by atoms with Crippen LogP contribution in [0.5, 0.6) is 0 Å². The van der Waals surface area contributed by atoms with Gasteiger partial charge in [-0.25, -0.2) is 13.1 Å². The van der Waals surface area contributed by atoms with Gasteiger partial charge in [0.2, 0.25) is 10.0 Å². The molecule has 0 aromatic heterocycles. The van der Waals surface area contributed by atoms with Crippen LogP contribution >= 0.6 is 0 Å². The molecule has 2 aliphatic rings. The van der Waals surface area contributed by atoms with Crippen molar-refractivity contribution < 1.29 is 13.3 Å². The standard InChI is InChI=1S/C16H22N2O4S/c1-10-3-6-14(18(19)20)9-16(10)23(21,22)17-11(2)15-8-12-4-5-13(15)7-12/h3,6,9,11-13,15,17H,4-5,7-8H2,1-2H3. The highest BCUT2D eigenvalue weighted by Gasteiger charge is 2.42. The summed E-state index contributed by atoms with van der Waals surface area (Å²) in [5, 5.41) is 10.9. The molecule has 4 unspecified atom stereocenters. The van der Waals surface area contributed by atoms with Crippen LogP contribution in [0.4, 0.5) is 5.69 Å². The molecule has 2 aliphatic carbocycles. The van der Waals surface area contributed by atoms with Crippen molar-refractivity contribution in [1.82, 2.24) is 4.72 Å². The van der Waals surface area contributed by atoms with Gasteiger partial charge >= 0.3 is 0 Å². The lowest BCUT2D eigenvalue weighted by molar-refractivity contribution is -0.385. The van der Waals surface area contributed by atoms with Gasteiger partial charge in [-0.3, -0.25) is 10.1 Å². The molecule has 2 fully saturated rings. The van der Waals surface area contributed by atoms with Crippen molar-refractivity contribution in [2.45, 2.75) is 50.5 Å². The van der Waals surface area contributed by atoms with Crippen molar-refractivity contribution in [1.29, 1.82) is 0 Å². The van der Waals surface area contributed by atoms with Gasteiger partial charge in [0.15, 0.2) is 0 Å². The number of nitro groups is 1. The normalized spacial score (nSPS) is 28.0. The van der Waals surface area contributed by atoms with Crippen molar-refractivity contribution in [2.75, 3.05) is 0 Å². The third kappa shape index (κ3) is 3.12. The Labute approximate surface area is 136 Å². The van der Waals surface area contributed by atoms with Gasteiger partial charge in [-0.1, -0.05) is 12.5 Å². The van der Waals surface area contributed by atoms with Gasteiger partial charge in [0.1, 0.15) is 0 Å². The van der Waals surface area contributed by atoms with E-state index in [0.717, 1.165) is 18.4 Å². The minimum absolute atomic E-state index is 0.00158. The van der Waals surface area contributed by atoms with Gasteiger partial charge in [-0.2, -0.15) is 0 Å². The van der Waals surface area contributed by atoms with Crippen LogP contribution in [0.25, 0.3) is 0 Å². The zero-order valence-corrected chi connectivity index (χ0v) is 14.2. The summed E-state index contributed by atoms with van der Waals surface area (Å²) in [6.07, 6.45) is 4.76. The number of rotatable bonds is 5. The quantitative estimate of drug-likeness (QED) is 0.660. The van der Waals surface area contributed by atoms with E-state index in [4.69, 9.17) is 0 Å². The van der Waals surface area contributed by atoms with Crippen molar-refractivity contribution in [3.8, 4) is 0 Å². The Kier molecular flexibility index (Phi) is 4.18. The van der Waals surface area contributed by atoms with E-state index in [0.29, 0.717) is 17.4 Å². The molecule has 1 N–H and O–H groups in total. The minimum Gasteiger partial charge on any atom is -0.258 e. The summed E-state index contributed by atoms with van der Waals surface area (Å²) >= 11 is 0. The SMILES string of the molecule is Cc1ccc([N+](=O)[O-])cc1S(=O)(=O)NC(C)C1CC2CCC1C2. The fraction of sp³-hybridized carbons (Fsp3) is 0.625. The van der Waals surface area contributed by atoms with Crippen LogP contribution in [0.2, 0.25) is 0 Å². The van der Waals surface area contributed by atoms with Crippen LogP contribution in [0, 0.1) is 34.8 Å². The van der Waals surface area contributed by atoms with Gasteiger partial charge in [0, 0.05) is 18.2 Å². The predicted octanol–water partition coefficient (Wildman–Crippen LogP) is 3.01. The summed E-state index contributed by atoms with van der Waals surface area (Å²) in [7, 11) is -3.75. The van der Waals surface area contributed by atoms with Crippen LogP contribution in [0.1, 0.15) is 38.2 Å². The number of nitrogens with zero attached hydrogens (tertiary/aromatic N) is 1. The summed E-state index contributed by atoms with van der Waals surface area (Å²) < 4.78 is 28.1. The molecule has 0 amide bonds. The van der Waals surface area contributed by atoms with E-state index in [1.54, 1.807) is 6.92 Å². The Morgan fingerprint density at radius 2 is 2.04 bits per heavy atom. The molecule has 2 saturated carbocycles. The van der Waals surface area contributed by atoms with Crippen LogP contribution in [-0.4, -0.2) is 19.4 Å². The van der Waals surface area contributed by atoms with Gasteiger partial charge in [0.25, 0.3) is 5.69 Å². The van der Waals surface area contributed by atoms with Crippen LogP contribution in [0.3, 0.4) is 0 Å². The maximum Gasteiger partial charge on any atom is 0.270 e. The molecule has 4 atom stereocenters. The summed E-state index contributed by atoms with van der Waals surface area (Å²) in [6, 6.07) is 3.81. The molecule has 0 saturated heterocycles. The lowest BCUT2D eigenvalue weighted by atomic mass is 9.84.